The van der Waals surface area contributed by atoms with Gasteiger partial charge in [0.05, 0.1) is 0 Å². The average Bonchev–Trinajstić information content (AvgIpc) is 3.11. The molecule has 3 rings (SSSR count). The second-order valence-electron chi connectivity index (χ2n) is 5.33. The van der Waals surface area contributed by atoms with E-state index in [-0.39, 0.29) is 12.5 Å². The molecule has 0 fully saturated rings. The van der Waals surface area contributed by atoms with Crippen molar-refractivity contribution in [3.63, 3.8) is 0 Å². The Bertz CT molecular complexity index is 881. The number of hydrogen-bond donors (Lipinski definition) is 0. The Kier molecular flexibility index (Phi) is 5.90. The SMILES string of the molecule is CC(Oc1ccc(Br)cc1)C(=O)OCc1nnc(-c2ccc(Cl)cc2)o1. The molecule has 1 heterocycles. The molecule has 0 bridgehead atoms. The van der Waals surface area contributed by atoms with Gasteiger partial charge < -0.3 is 13.9 Å². The van der Waals surface area contributed by atoms with Gasteiger partial charge in [0.2, 0.25) is 5.89 Å². The van der Waals surface area contributed by atoms with Crippen molar-refractivity contribution >= 4 is 33.5 Å². The fourth-order valence-corrected chi connectivity index (χ4v) is 2.43. The molecule has 3 aromatic rings. The number of benzene rings is 2. The van der Waals surface area contributed by atoms with Crippen molar-refractivity contribution in [2.75, 3.05) is 0 Å². The van der Waals surface area contributed by atoms with Crippen LogP contribution in [-0.2, 0) is 16.1 Å². The van der Waals surface area contributed by atoms with Crippen LogP contribution in [0.1, 0.15) is 12.8 Å². The number of esters is 1. The predicted molar refractivity (Wildman–Crippen MR) is 98.8 cm³/mol. The molecule has 0 saturated carbocycles. The van der Waals surface area contributed by atoms with Crippen molar-refractivity contribution in [1.29, 1.82) is 0 Å². The number of carbonyl (C=O) groups excluding carboxylic acids is 1. The molecule has 6 nitrogen and oxygen atoms in total. The number of halogens is 2. The summed E-state index contributed by atoms with van der Waals surface area (Å²) in [7, 11) is 0. The van der Waals surface area contributed by atoms with E-state index in [1.54, 1.807) is 43.3 Å². The topological polar surface area (TPSA) is 74.5 Å². The van der Waals surface area contributed by atoms with Gasteiger partial charge in [0.25, 0.3) is 5.89 Å². The highest BCUT2D eigenvalue weighted by Crippen LogP contribution is 2.21. The van der Waals surface area contributed by atoms with Gasteiger partial charge in [-0.2, -0.15) is 0 Å². The first-order valence-corrected chi connectivity index (χ1v) is 8.85. The van der Waals surface area contributed by atoms with E-state index in [0.29, 0.717) is 16.7 Å². The molecule has 134 valence electrons. The van der Waals surface area contributed by atoms with E-state index >= 15 is 0 Å². The van der Waals surface area contributed by atoms with Crippen LogP contribution in [0, 0.1) is 0 Å². The lowest BCUT2D eigenvalue weighted by atomic mass is 10.2. The Morgan fingerprint density at radius 3 is 2.54 bits per heavy atom. The van der Waals surface area contributed by atoms with Crippen LogP contribution < -0.4 is 4.74 Å². The monoisotopic (exact) mass is 436 g/mol. The number of ether oxygens (including phenoxy) is 2. The van der Waals surface area contributed by atoms with Crippen molar-refractivity contribution in [2.24, 2.45) is 0 Å². The predicted octanol–water partition coefficient (Wildman–Crippen LogP) is 4.66. The van der Waals surface area contributed by atoms with Crippen molar-refractivity contribution < 1.29 is 18.7 Å². The third-order valence-electron chi connectivity index (χ3n) is 3.35. The summed E-state index contributed by atoms with van der Waals surface area (Å²) in [6.07, 6.45) is -0.769. The molecule has 0 amide bonds. The van der Waals surface area contributed by atoms with Crippen LogP contribution in [0.15, 0.2) is 57.4 Å². The van der Waals surface area contributed by atoms with Crippen molar-refractivity contribution in [3.8, 4) is 17.2 Å². The van der Waals surface area contributed by atoms with Crippen LogP contribution in [0.4, 0.5) is 0 Å². The third kappa shape index (κ3) is 4.83. The number of aromatic nitrogens is 2. The van der Waals surface area contributed by atoms with Gasteiger partial charge in [-0.1, -0.05) is 27.5 Å². The van der Waals surface area contributed by atoms with Gasteiger partial charge >= 0.3 is 5.97 Å². The van der Waals surface area contributed by atoms with Gasteiger partial charge in [-0.3, -0.25) is 0 Å². The van der Waals surface area contributed by atoms with Gasteiger partial charge in [0.1, 0.15) is 5.75 Å². The lowest BCUT2D eigenvalue weighted by Gasteiger charge is -2.13. The summed E-state index contributed by atoms with van der Waals surface area (Å²) in [4.78, 5) is 12.0. The van der Waals surface area contributed by atoms with Crippen molar-refractivity contribution in [2.45, 2.75) is 19.6 Å². The molecule has 26 heavy (non-hydrogen) atoms. The van der Waals surface area contributed by atoms with Crippen molar-refractivity contribution in [1.82, 2.24) is 10.2 Å². The van der Waals surface area contributed by atoms with Gasteiger partial charge in [-0.15, -0.1) is 10.2 Å². The molecule has 0 aliphatic rings. The summed E-state index contributed by atoms with van der Waals surface area (Å²) in [5, 5.41) is 8.41. The van der Waals surface area contributed by atoms with E-state index in [9.17, 15) is 4.79 Å². The molecule has 0 saturated heterocycles. The molecule has 0 radical (unpaired) electrons. The molecule has 2 aromatic carbocycles. The summed E-state index contributed by atoms with van der Waals surface area (Å²) >= 11 is 9.18. The van der Waals surface area contributed by atoms with Crippen molar-refractivity contribution in [3.05, 3.63) is 63.9 Å². The van der Waals surface area contributed by atoms with Crippen LogP contribution >= 0.6 is 27.5 Å². The molecule has 8 heteroatoms. The highest BCUT2D eigenvalue weighted by molar-refractivity contribution is 9.10. The zero-order valence-electron chi connectivity index (χ0n) is 13.7. The summed E-state index contributed by atoms with van der Waals surface area (Å²) < 4.78 is 17.1. The molecular weight excluding hydrogens is 424 g/mol. The van der Waals surface area contributed by atoms with Gasteiger partial charge in [0, 0.05) is 15.1 Å². The fourth-order valence-electron chi connectivity index (χ4n) is 2.04. The highest BCUT2D eigenvalue weighted by Gasteiger charge is 2.18. The second kappa shape index (κ2) is 8.33. The lowest BCUT2D eigenvalue weighted by molar-refractivity contribution is -0.153. The smallest absolute Gasteiger partial charge is 0.347 e. The first-order valence-electron chi connectivity index (χ1n) is 7.68. The number of nitrogens with zero attached hydrogens (tertiary/aromatic N) is 2. The molecular formula is C18H14BrClN2O4. The van der Waals surface area contributed by atoms with Crippen LogP contribution in [0.2, 0.25) is 5.02 Å². The summed E-state index contributed by atoms with van der Waals surface area (Å²) in [6, 6.07) is 14.1. The van der Waals surface area contributed by atoms with E-state index in [0.717, 1.165) is 10.0 Å². The Morgan fingerprint density at radius 2 is 1.85 bits per heavy atom. The standard InChI is InChI=1S/C18H14BrClN2O4/c1-11(25-15-8-4-13(19)5-9-15)18(23)24-10-16-21-22-17(26-16)12-2-6-14(20)7-3-12/h2-9,11H,10H2,1H3. The summed E-state index contributed by atoms with van der Waals surface area (Å²) in [5.74, 6) is 0.561. The Hall–Kier alpha value is -2.38. The first kappa shape index (κ1) is 18.4. The largest absolute Gasteiger partial charge is 0.479 e. The maximum Gasteiger partial charge on any atom is 0.347 e. The fraction of sp³-hybridized carbons (Fsp3) is 0.167. The van der Waals surface area contributed by atoms with Crippen LogP contribution in [-0.4, -0.2) is 22.3 Å². The maximum absolute atomic E-state index is 12.0. The minimum absolute atomic E-state index is 0.131. The van der Waals surface area contributed by atoms with E-state index in [1.165, 1.54) is 0 Å². The third-order valence-corrected chi connectivity index (χ3v) is 4.13. The molecule has 1 aromatic heterocycles. The number of carbonyl (C=O) groups is 1. The number of rotatable bonds is 6. The maximum atomic E-state index is 12.0. The molecule has 0 N–H and O–H groups in total. The Labute approximate surface area is 163 Å². The zero-order chi connectivity index (χ0) is 18.5. The Balaban J connectivity index is 1.54. The lowest BCUT2D eigenvalue weighted by Crippen LogP contribution is -2.26. The van der Waals surface area contributed by atoms with Crippen LogP contribution in [0.3, 0.4) is 0 Å². The molecule has 0 spiro atoms. The summed E-state index contributed by atoms with van der Waals surface area (Å²) in [5.41, 5.74) is 0.728. The van der Waals surface area contributed by atoms with Crippen LogP contribution in [0.5, 0.6) is 5.75 Å². The van der Waals surface area contributed by atoms with Gasteiger partial charge in [0.15, 0.2) is 12.7 Å². The van der Waals surface area contributed by atoms with Gasteiger partial charge in [-0.05, 0) is 55.5 Å². The van der Waals surface area contributed by atoms with E-state index < -0.39 is 12.1 Å². The normalized spacial score (nSPS) is 11.8. The number of hydrogen-bond acceptors (Lipinski definition) is 6. The van der Waals surface area contributed by atoms with E-state index in [4.69, 9.17) is 25.5 Å². The zero-order valence-corrected chi connectivity index (χ0v) is 16.0. The second-order valence-corrected chi connectivity index (χ2v) is 6.68. The molecule has 1 unspecified atom stereocenters. The van der Waals surface area contributed by atoms with Gasteiger partial charge in [-0.25, -0.2) is 4.79 Å². The molecule has 0 aliphatic carbocycles. The minimum atomic E-state index is -0.769. The minimum Gasteiger partial charge on any atom is -0.479 e. The molecule has 0 aliphatic heterocycles. The quantitative estimate of drug-likeness (QED) is 0.522. The average molecular weight is 438 g/mol. The Morgan fingerprint density at radius 1 is 1.15 bits per heavy atom. The first-order chi connectivity index (χ1) is 12.5. The molecule has 1 atom stereocenters. The highest BCUT2D eigenvalue weighted by atomic mass is 79.9. The van der Waals surface area contributed by atoms with E-state index in [1.807, 2.05) is 12.1 Å². The summed E-state index contributed by atoms with van der Waals surface area (Å²) in [6.45, 7) is 1.48. The van der Waals surface area contributed by atoms with E-state index in [2.05, 4.69) is 26.1 Å². The van der Waals surface area contributed by atoms with Crippen LogP contribution in [0.25, 0.3) is 11.5 Å².